The zero-order valence-corrected chi connectivity index (χ0v) is 11.5. The summed E-state index contributed by atoms with van der Waals surface area (Å²) < 4.78 is 1.21. The van der Waals surface area contributed by atoms with E-state index in [2.05, 4.69) is 51.2 Å². The van der Waals surface area contributed by atoms with E-state index in [1.165, 1.54) is 9.13 Å². The van der Waals surface area contributed by atoms with Crippen molar-refractivity contribution in [3.8, 4) is 0 Å². The van der Waals surface area contributed by atoms with Crippen molar-refractivity contribution in [3.63, 3.8) is 0 Å². The molecule has 0 saturated carbocycles. The van der Waals surface area contributed by atoms with Gasteiger partial charge in [-0.1, -0.05) is 18.2 Å². The molecule has 0 spiro atoms. The van der Waals surface area contributed by atoms with Crippen LogP contribution in [0.3, 0.4) is 0 Å². The monoisotopic (exact) mass is 339 g/mol. The van der Waals surface area contributed by atoms with Crippen LogP contribution in [-0.4, -0.2) is 4.98 Å². The first-order chi connectivity index (χ1) is 8.29. The van der Waals surface area contributed by atoms with Gasteiger partial charge in [-0.05, 0) is 52.4 Å². The lowest BCUT2D eigenvalue weighted by Crippen LogP contribution is -2.29. The summed E-state index contributed by atoms with van der Waals surface area (Å²) in [6.45, 7) is 0. The number of pyridine rings is 1. The summed E-state index contributed by atoms with van der Waals surface area (Å²) in [6, 6.07) is 14.3. The van der Waals surface area contributed by atoms with Crippen LogP contribution in [-0.2, 0) is 6.42 Å². The normalized spacial score (nSPS) is 12.4. The molecule has 2 rings (SSSR count). The average Bonchev–Trinajstić information content (AvgIpc) is 2.37. The highest BCUT2D eigenvalue weighted by Crippen LogP contribution is 2.18. The van der Waals surface area contributed by atoms with E-state index in [0.717, 1.165) is 12.1 Å². The Morgan fingerprint density at radius 1 is 1.24 bits per heavy atom. The fourth-order valence-corrected chi connectivity index (χ4v) is 2.29. The first kappa shape index (κ1) is 12.5. The molecule has 0 fully saturated rings. The van der Waals surface area contributed by atoms with E-state index < -0.39 is 0 Å². The Morgan fingerprint density at radius 2 is 2.12 bits per heavy atom. The van der Waals surface area contributed by atoms with E-state index in [1.54, 1.807) is 6.20 Å². The van der Waals surface area contributed by atoms with Crippen LogP contribution in [0.25, 0.3) is 0 Å². The molecule has 88 valence electrons. The summed E-state index contributed by atoms with van der Waals surface area (Å²) >= 11 is 2.30. The third-order valence-electron chi connectivity index (χ3n) is 2.59. The van der Waals surface area contributed by atoms with Gasteiger partial charge in [0.25, 0.3) is 0 Å². The van der Waals surface area contributed by atoms with E-state index in [1.807, 2.05) is 24.3 Å². The van der Waals surface area contributed by atoms with Crippen molar-refractivity contribution >= 4 is 22.6 Å². The van der Waals surface area contributed by atoms with Gasteiger partial charge in [0.1, 0.15) is 0 Å². The SMILES string of the molecule is NNC(Cc1ccccn1)c1cccc(I)c1. The molecule has 1 heterocycles. The molecular weight excluding hydrogens is 325 g/mol. The largest absolute Gasteiger partial charge is 0.271 e. The molecule has 3 N–H and O–H groups in total. The Kier molecular flexibility index (Phi) is 4.47. The maximum absolute atomic E-state index is 5.62. The summed E-state index contributed by atoms with van der Waals surface area (Å²) in [5.41, 5.74) is 5.07. The molecule has 1 aromatic carbocycles. The van der Waals surface area contributed by atoms with E-state index in [9.17, 15) is 0 Å². The summed E-state index contributed by atoms with van der Waals surface area (Å²) in [5, 5.41) is 0. The molecule has 3 nitrogen and oxygen atoms in total. The van der Waals surface area contributed by atoms with Gasteiger partial charge < -0.3 is 0 Å². The fourth-order valence-electron chi connectivity index (χ4n) is 1.72. The molecule has 0 amide bonds. The van der Waals surface area contributed by atoms with Gasteiger partial charge in [-0.25, -0.2) is 0 Å². The van der Waals surface area contributed by atoms with Crippen molar-refractivity contribution < 1.29 is 0 Å². The van der Waals surface area contributed by atoms with Gasteiger partial charge in [0.2, 0.25) is 0 Å². The Balaban J connectivity index is 2.17. The second kappa shape index (κ2) is 6.09. The van der Waals surface area contributed by atoms with Crippen LogP contribution in [0, 0.1) is 3.57 Å². The number of hydrogen-bond acceptors (Lipinski definition) is 3. The number of benzene rings is 1. The Morgan fingerprint density at radius 3 is 2.76 bits per heavy atom. The van der Waals surface area contributed by atoms with E-state index in [-0.39, 0.29) is 6.04 Å². The van der Waals surface area contributed by atoms with Crippen LogP contribution in [0.5, 0.6) is 0 Å². The third kappa shape index (κ3) is 3.49. The highest BCUT2D eigenvalue weighted by atomic mass is 127. The maximum Gasteiger partial charge on any atom is 0.0515 e. The van der Waals surface area contributed by atoms with Gasteiger partial charge in [0.15, 0.2) is 0 Å². The van der Waals surface area contributed by atoms with Crippen molar-refractivity contribution in [1.29, 1.82) is 0 Å². The summed E-state index contributed by atoms with van der Waals surface area (Å²) in [5.74, 6) is 5.62. The number of nitrogens with two attached hydrogens (primary N) is 1. The van der Waals surface area contributed by atoms with Gasteiger partial charge in [-0.3, -0.25) is 16.3 Å². The van der Waals surface area contributed by atoms with Crippen LogP contribution < -0.4 is 11.3 Å². The molecule has 0 aliphatic heterocycles. The Bertz CT molecular complexity index is 473. The predicted molar refractivity (Wildman–Crippen MR) is 77.2 cm³/mol. The van der Waals surface area contributed by atoms with E-state index in [0.29, 0.717) is 0 Å². The van der Waals surface area contributed by atoms with E-state index in [4.69, 9.17) is 5.84 Å². The quantitative estimate of drug-likeness (QED) is 0.511. The minimum absolute atomic E-state index is 0.0969. The first-order valence-corrected chi connectivity index (χ1v) is 6.49. The smallest absolute Gasteiger partial charge is 0.0515 e. The highest BCUT2D eigenvalue weighted by Gasteiger charge is 2.11. The molecule has 1 atom stereocenters. The number of rotatable bonds is 4. The molecule has 0 aliphatic carbocycles. The van der Waals surface area contributed by atoms with Gasteiger partial charge in [0.05, 0.1) is 6.04 Å². The van der Waals surface area contributed by atoms with Crippen molar-refractivity contribution in [3.05, 3.63) is 63.5 Å². The van der Waals surface area contributed by atoms with Gasteiger partial charge in [-0.15, -0.1) is 0 Å². The molecule has 0 saturated heterocycles. The minimum Gasteiger partial charge on any atom is -0.271 e. The van der Waals surface area contributed by atoms with Crippen molar-refractivity contribution in [1.82, 2.24) is 10.4 Å². The lowest BCUT2D eigenvalue weighted by Gasteiger charge is -2.16. The van der Waals surface area contributed by atoms with Crippen LogP contribution in [0.15, 0.2) is 48.7 Å². The van der Waals surface area contributed by atoms with Crippen molar-refractivity contribution in [2.24, 2.45) is 5.84 Å². The zero-order valence-electron chi connectivity index (χ0n) is 9.31. The van der Waals surface area contributed by atoms with E-state index >= 15 is 0 Å². The topological polar surface area (TPSA) is 50.9 Å². The molecule has 17 heavy (non-hydrogen) atoms. The highest BCUT2D eigenvalue weighted by molar-refractivity contribution is 14.1. The number of aromatic nitrogens is 1. The number of nitrogens with one attached hydrogen (secondary N) is 1. The Labute approximate surface area is 115 Å². The number of hydrazine groups is 1. The number of halogens is 1. The van der Waals surface area contributed by atoms with Crippen LogP contribution >= 0.6 is 22.6 Å². The predicted octanol–water partition coefficient (Wildman–Crippen LogP) is 2.43. The molecule has 1 aromatic heterocycles. The lowest BCUT2D eigenvalue weighted by molar-refractivity contribution is 0.546. The maximum atomic E-state index is 5.62. The van der Waals surface area contributed by atoms with Gasteiger partial charge in [0, 0.05) is 21.9 Å². The zero-order chi connectivity index (χ0) is 12.1. The van der Waals surface area contributed by atoms with Crippen LogP contribution in [0.1, 0.15) is 17.3 Å². The average molecular weight is 339 g/mol. The molecule has 1 unspecified atom stereocenters. The minimum atomic E-state index is 0.0969. The molecular formula is C13H14IN3. The summed E-state index contributed by atoms with van der Waals surface area (Å²) in [4.78, 5) is 4.32. The van der Waals surface area contributed by atoms with Gasteiger partial charge in [-0.2, -0.15) is 0 Å². The lowest BCUT2D eigenvalue weighted by atomic mass is 10.0. The molecule has 0 aliphatic rings. The Hall–Kier alpha value is -0.980. The first-order valence-electron chi connectivity index (χ1n) is 5.41. The third-order valence-corrected chi connectivity index (χ3v) is 3.26. The van der Waals surface area contributed by atoms with Gasteiger partial charge >= 0.3 is 0 Å². The molecule has 2 aromatic rings. The van der Waals surface area contributed by atoms with Crippen LogP contribution in [0.2, 0.25) is 0 Å². The molecule has 4 heteroatoms. The van der Waals surface area contributed by atoms with Crippen LogP contribution in [0.4, 0.5) is 0 Å². The molecule has 0 radical (unpaired) electrons. The second-order valence-corrected chi connectivity index (χ2v) is 5.05. The fraction of sp³-hybridized carbons (Fsp3) is 0.154. The second-order valence-electron chi connectivity index (χ2n) is 3.80. The summed E-state index contributed by atoms with van der Waals surface area (Å²) in [6.07, 6.45) is 2.59. The van der Waals surface area contributed by atoms with Crippen molar-refractivity contribution in [2.75, 3.05) is 0 Å². The molecule has 0 bridgehead atoms. The number of nitrogens with zero attached hydrogens (tertiary/aromatic N) is 1. The number of hydrogen-bond donors (Lipinski definition) is 2. The van der Waals surface area contributed by atoms with Crippen molar-refractivity contribution in [2.45, 2.75) is 12.5 Å². The standard InChI is InChI=1S/C13H14IN3/c14-11-5-3-4-10(8-11)13(17-15)9-12-6-1-2-7-16-12/h1-8,13,17H,9,15H2. The summed E-state index contributed by atoms with van der Waals surface area (Å²) in [7, 11) is 0.